The number of nitriles is 1. The van der Waals surface area contributed by atoms with Gasteiger partial charge in [-0.05, 0) is 55.0 Å². The van der Waals surface area contributed by atoms with E-state index in [1.165, 1.54) is 18.2 Å². The molecule has 0 aliphatic heterocycles. The van der Waals surface area contributed by atoms with Crippen LogP contribution >= 0.6 is 0 Å². The topological polar surface area (TPSA) is 96.0 Å². The zero-order valence-electron chi connectivity index (χ0n) is 10.8. The summed E-state index contributed by atoms with van der Waals surface area (Å²) in [6.45, 7) is 1.77. The average Bonchev–Trinajstić information content (AvgIpc) is 2.38. The quantitative estimate of drug-likeness (QED) is 0.846. The summed E-state index contributed by atoms with van der Waals surface area (Å²) in [6, 6.07) is 12.8. The minimum atomic E-state index is -3.69. The molecule has 0 atom stereocenters. The molecule has 2 aromatic rings. The molecule has 102 valence electrons. The van der Waals surface area contributed by atoms with Gasteiger partial charge in [0, 0.05) is 11.4 Å². The fourth-order valence-corrected chi connectivity index (χ4v) is 2.96. The largest absolute Gasteiger partial charge is 0.399 e. The van der Waals surface area contributed by atoms with E-state index in [4.69, 9.17) is 11.0 Å². The van der Waals surface area contributed by atoms with Gasteiger partial charge >= 0.3 is 0 Å². The van der Waals surface area contributed by atoms with E-state index in [9.17, 15) is 8.42 Å². The first kappa shape index (κ1) is 13.9. The molecule has 2 rings (SSSR count). The van der Waals surface area contributed by atoms with Gasteiger partial charge in [-0.2, -0.15) is 5.26 Å². The number of nitrogen functional groups attached to an aromatic ring is 1. The van der Waals surface area contributed by atoms with Crippen molar-refractivity contribution in [3.8, 4) is 6.07 Å². The Labute approximate surface area is 117 Å². The number of hydrogen-bond donors (Lipinski definition) is 2. The summed E-state index contributed by atoms with van der Waals surface area (Å²) in [7, 11) is -3.69. The number of rotatable bonds is 3. The minimum Gasteiger partial charge on any atom is -0.399 e. The van der Waals surface area contributed by atoms with Crippen LogP contribution < -0.4 is 10.5 Å². The summed E-state index contributed by atoms with van der Waals surface area (Å²) < 4.78 is 26.9. The molecule has 0 spiro atoms. The number of nitrogens with one attached hydrogen (secondary N) is 1. The normalized spacial score (nSPS) is 10.8. The first-order valence-electron chi connectivity index (χ1n) is 5.81. The van der Waals surface area contributed by atoms with E-state index >= 15 is 0 Å². The molecular weight excluding hydrogens is 274 g/mol. The molecule has 0 aliphatic carbocycles. The number of sulfonamides is 1. The number of aryl methyl sites for hydroxylation is 1. The molecule has 20 heavy (non-hydrogen) atoms. The van der Waals surface area contributed by atoms with Crippen LogP contribution in [0, 0.1) is 18.3 Å². The van der Waals surface area contributed by atoms with Crippen molar-refractivity contribution in [1.29, 1.82) is 5.26 Å². The van der Waals surface area contributed by atoms with Crippen LogP contribution in [0.2, 0.25) is 0 Å². The fourth-order valence-electron chi connectivity index (χ4n) is 1.76. The maximum Gasteiger partial charge on any atom is 0.261 e. The van der Waals surface area contributed by atoms with E-state index in [0.29, 0.717) is 16.9 Å². The third-order valence-electron chi connectivity index (χ3n) is 2.65. The van der Waals surface area contributed by atoms with Crippen molar-refractivity contribution < 1.29 is 8.42 Å². The van der Waals surface area contributed by atoms with E-state index < -0.39 is 10.0 Å². The molecule has 0 aromatic heterocycles. The van der Waals surface area contributed by atoms with Crippen molar-refractivity contribution >= 4 is 21.4 Å². The molecule has 0 aliphatic rings. The third kappa shape index (κ3) is 3.08. The molecule has 0 unspecified atom stereocenters. The van der Waals surface area contributed by atoms with Gasteiger partial charge < -0.3 is 5.73 Å². The second-order valence-corrected chi connectivity index (χ2v) is 6.06. The van der Waals surface area contributed by atoms with Gasteiger partial charge in [0.2, 0.25) is 0 Å². The fraction of sp³-hybridized carbons (Fsp3) is 0.0714. The second kappa shape index (κ2) is 5.23. The molecule has 0 amide bonds. The third-order valence-corrected chi connectivity index (χ3v) is 4.01. The Hall–Kier alpha value is -2.52. The maximum atomic E-state index is 12.2. The molecule has 3 N–H and O–H groups in total. The van der Waals surface area contributed by atoms with Gasteiger partial charge in [0.1, 0.15) is 0 Å². The number of nitrogens with zero attached hydrogens (tertiary/aromatic N) is 1. The molecule has 0 saturated carbocycles. The lowest BCUT2D eigenvalue weighted by Crippen LogP contribution is -2.13. The molecule has 0 saturated heterocycles. The summed E-state index contributed by atoms with van der Waals surface area (Å²) in [4.78, 5) is 0.111. The van der Waals surface area contributed by atoms with Crippen LogP contribution in [-0.2, 0) is 10.0 Å². The Bertz CT molecular complexity index is 755. The Balaban J connectivity index is 2.33. The predicted molar refractivity (Wildman–Crippen MR) is 77.6 cm³/mol. The smallest absolute Gasteiger partial charge is 0.261 e. The number of nitrogens with two attached hydrogens (primary N) is 1. The molecule has 0 radical (unpaired) electrons. The Morgan fingerprint density at radius 3 is 2.35 bits per heavy atom. The van der Waals surface area contributed by atoms with Crippen LogP contribution in [0.25, 0.3) is 0 Å². The van der Waals surface area contributed by atoms with Gasteiger partial charge in [-0.3, -0.25) is 4.72 Å². The van der Waals surface area contributed by atoms with Gasteiger partial charge in [-0.1, -0.05) is 0 Å². The van der Waals surface area contributed by atoms with Crippen LogP contribution in [-0.4, -0.2) is 8.42 Å². The zero-order chi connectivity index (χ0) is 14.8. The minimum absolute atomic E-state index is 0.111. The maximum absolute atomic E-state index is 12.2. The second-order valence-electron chi connectivity index (χ2n) is 4.37. The van der Waals surface area contributed by atoms with Crippen molar-refractivity contribution in [2.24, 2.45) is 0 Å². The van der Waals surface area contributed by atoms with Crippen molar-refractivity contribution in [1.82, 2.24) is 0 Å². The molecular formula is C14H13N3O2S. The summed E-state index contributed by atoms with van der Waals surface area (Å²) in [5.74, 6) is 0. The van der Waals surface area contributed by atoms with Crippen LogP contribution in [0.4, 0.5) is 11.4 Å². The van der Waals surface area contributed by atoms with E-state index in [1.807, 2.05) is 6.07 Å². The first-order valence-corrected chi connectivity index (χ1v) is 7.29. The van der Waals surface area contributed by atoms with E-state index in [1.54, 1.807) is 31.2 Å². The lowest BCUT2D eigenvalue weighted by Gasteiger charge is -2.09. The van der Waals surface area contributed by atoms with Gasteiger partial charge in [-0.25, -0.2) is 8.42 Å². The van der Waals surface area contributed by atoms with Crippen LogP contribution in [0.5, 0.6) is 0 Å². The summed E-state index contributed by atoms with van der Waals surface area (Å²) in [5.41, 5.74) is 7.68. The van der Waals surface area contributed by atoms with E-state index in [0.717, 1.165) is 5.56 Å². The summed E-state index contributed by atoms with van der Waals surface area (Å²) in [5, 5.41) is 8.70. The molecule has 0 fully saturated rings. The zero-order valence-corrected chi connectivity index (χ0v) is 11.6. The Morgan fingerprint density at radius 2 is 1.80 bits per heavy atom. The highest BCUT2D eigenvalue weighted by Crippen LogP contribution is 2.20. The molecule has 0 heterocycles. The van der Waals surface area contributed by atoms with Crippen LogP contribution in [0.1, 0.15) is 11.1 Å². The lowest BCUT2D eigenvalue weighted by molar-refractivity contribution is 0.601. The number of benzene rings is 2. The average molecular weight is 287 g/mol. The molecule has 0 bridgehead atoms. The van der Waals surface area contributed by atoms with Crippen molar-refractivity contribution in [2.45, 2.75) is 11.8 Å². The summed E-state index contributed by atoms with van der Waals surface area (Å²) >= 11 is 0. The van der Waals surface area contributed by atoms with Gasteiger partial charge in [0.15, 0.2) is 0 Å². The Kier molecular flexibility index (Phi) is 3.63. The van der Waals surface area contributed by atoms with Crippen LogP contribution in [0.3, 0.4) is 0 Å². The molecule has 6 heteroatoms. The van der Waals surface area contributed by atoms with E-state index in [-0.39, 0.29) is 4.90 Å². The highest BCUT2D eigenvalue weighted by Gasteiger charge is 2.15. The van der Waals surface area contributed by atoms with Gasteiger partial charge in [0.25, 0.3) is 10.0 Å². The van der Waals surface area contributed by atoms with Gasteiger partial charge in [-0.15, -0.1) is 0 Å². The molecule has 5 nitrogen and oxygen atoms in total. The number of hydrogen-bond acceptors (Lipinski definition) is 4. The molecule has 2 aromatic carbocycles. The Morgan fingerprint density at radius 1 is 1.15 bits per heavy atom. The van der Waals surface area contributed by atoms with Crippen LogP contribution in [0.15, 0.2) is 47.4 Å². The standard InChI is InChI=1S/C14H13N3O2S/c1-10-6-12(16)8-14(7-10)20(18,19)17-13-4-2-11(9-15)3-5-13/h2-8,17H,16H2,1H3. The lowest BCUT2D eigenvalue weighted by atomic mass is 10.2. The van der Waals surface area contributed by atoms with E-state index in [2.05, 4.69) is 4.72 Å². The number of anilines is 2. The summed E-state index contributed by atoms with van der Waals surface area (Å²) in [6.07, 6.45) is 0. The highest BCUT2D eigenvalue weighted by molar-refractivity contribution is 7.92. The predicted octanol–water partition coefficient (Wildman–Crippen LogP) is 2.25. The van der Waals surface area contributed by atoms with Gasteiger partial charge in [0.05, 0.1) is 16.5 Å². The van der Waals surface area contributed by atoms with Crippen molar-refractivity contribution in [3.05, 3.63) is 53.6 Å². The van der Waals surface area contributed by atoms with Crippen molar-refractivity contribution in [3.63, 3.8) is 0 Å². The van der Waals surface area contributed by atoms with Crippen molar-refractivity contribution in [2.75, 3.05) is 10.5 Å². The highest BCUT2D eigenvalue weighted by atomic mass is 32.2. The monoisotopic (exact) mass is 287 g/mol. The SMILES string of the molecule is Cc1cc(N)cc(S(=O)(=O)Nc2ccc(C#N)cc2)c1. The first-order chi connectivity index (χ1) is 9.40.